The molecule has 0 spiro atoms. The summed E-state index contributed by atoms with van der Waals surface area (Å²) in [5, 5.41) is 8.06. The Labute approximate surface area is 105 Å². The van der Waals surface area contributed by atoms with Gasteiger partial charge in [-0.25, -0.2) is 8.78 Å². The average Bonchev–Trinajstić information content (AvgIpc) is 2.58. The van der Waals surface area contributed by atoms with Crippen LogP contribution in [0.2, 0.25) is 0 Å². The number of hydrogen-bond acceptors (Lipinski definition) is 2. The van der Waals surface area contributed by atoms with Gasteiger partial charge < -0.3 is 0 Å². The van der Waals surface area contributed by atoms with Crippen molar-refractivity contribution in [2.24, 2.45) is 0 Å². The van der Waals surface area contributed by atoms with Crippen molar-refractivity contribution < 1.29 is 8.78 Å². The normalized spacial score (nSPS) is 19.5. The van der Waals surface area contributed by atoms with Crippen LogP contribution in [-0.4, -0.2) is 34.1 Å². The summed E-state index contributed by atoms with van der Waals surface area (Å²) in [6.07, 6.45) is 0. The first-order valence-corrected chi connectivity index (χ1v) is 6.05. The van der Waals surface area contributed by atoms with Gasteiger partial charge in [0.05, 0.1) is 24.3 Å². The maximum atomic E-state index is 12.7. The first-order chi connectivity index (χ1) is 8.03. The number of fused-ring (bicyclic) bond motifs is 1. The number of nitrogens with zero attached hydrogens (tertiary/aromatic N) is 2. The summed E-state index contributed by atoms with van der Waals surface area (Å²) in [7, 11) is 0. The second-order valence-corrected chi connectivity index (χ2v) is 5.28. The summed E-state index contributed by atoms with van der Waals surface area (Å²) >= 11 is 3.37. The zero-order chi connectivity index (χ0) is 12.0. The van der Waals surface area contributed by atoms with Crippen LogP contribution in [0.5, 0.6) is 0 Å². The average molecular weight is 302 g/mol. The SMILES string of the molecule is FC1(F)CN(Cc2[nH]nc3cc(Br)ccc23)C1. The van der Waals surface area contributed by atoms with Crippen molar-refractivity contribution in [2.75, 3.05) is 13.1 Å². The molecule has 3 rings (SSSR count). The number of benzene rings is 1. The lowest BCUT2D eigenvalue weighted by atomic mass is 10.1. The van der Waals surface area contributed by atoms with Gasteiger partial charge in [-0.1, -0.05) is 15.9 Å². The topological polar surface area (TPSA) is 31.9 Å². The molecule has 6 heteroatoms. The van der Waals surface area contributed by atoms with E-state index < -0.39 is 5.92 Å². The Morgan fingerprint density at radius 2 is 2.18 bits per heavy atom. The number of rotatable bonds is 2. The Bertz CT molecular complexity index is 559. The highest BCUT2D eigenvalue weighted by Gasteiger charge is 2.43. The predicted molar refractivity (Wildman–Crippen MR) is 64.0 cm³/mol. The predicted octanol–water partition coefficient (Wildman–Crippen LogP) is 2.78. The van der Waals surface area contributed by atoms with Gasteiger partial charge in [0.25, 0.3) is 5.92 Å². The molecule has 0 aliphatic carbocycles. The van der Waals surface area contributed by atoms with Gasteiger partial charge in [0.1, 0.15) is 0 Å². The van der Waals surface area contributed by atoms with Crippen molar-refractivity contribution in [3.63, 3.8) is 0 Å². The van der Waals surface area contributed by atoms with E-state index in [0.29, 0.717) is 6.54 Å². The number of halogens is 3. The van der Waals surface area contributed by atoms with Gasteiger partial charge in [-0.05, 0) is 18.2 Å². The lowest BCUT2D eigenvalue weighted by Gasteiger charge is -2.38. The Morgan fingerprint density at radius 1 is 1.41 bits per heavy atom. The van der Waals surface area contributed by atoms with Crippen molar-refractivity contribution in [3.8, 4) is 0 Å². The molecule has 2 aromatic rings. The van der Waals surface area contributed by atoms with E-state index in [1.165, 1.54) is 0 Å². The number of H-pyrrole nitrogens is 1. The fourth-order valence-corrected chi connectivity index (χ4v) is 2.45. The van der Waals surface area contributed by atoms with Crippen LogP contribution >= 0.6 is 15.9 Å². The van der Waals surface area contributed by atoms with Crippen molar-refractivity contribution in [1.29, 1.82) is 0 Å². The fraction of sp³-hybridized carbons (Fsp3) is 0.364. The van der Waals surface area contributed by atoms with Crippen molar-refractivity contribution >= 4 is 26.8 Å². The minimum Gasteiger partial charge on any atom is -0.285 e. The Balaban J connectivity index is 1.82. The van der Waals surface area contributed by atoms with Gasteiger partial charge in [0, 0.05) is 16.4 Å². The minimum absolute atomic E-state index is 0.163. The Kier molecular flexibility index (Phi) is 2.45. The van der Waals surface area contributed by atoms with Gasteiger partial charge >= 0.3 is 0 Å². The maximum absolute atomic E-state index is 12.7. The molecule has 1 N–H and O–H groups in total. The third kappa shape index (κ3) is 2.07. The number of alkyl halides is 2. The Hall–Kier alpha value is -1.01. The molecule has 1 aromatic carbocycles. The molecular formula is C11H10BrF2N3. The van der Waals surface area contributed by atoms with E-state index in [1.54, 1.807) is 4.90 Å². The monoisotopic (exact) mass is 301 g/mol. The number of likely N-dealkylation sites (tertiary alicyclic amines) is 1. The van der Waals surface area contributed by atoms with Crippen molar-refractivity contribution in [1.82, 2.24) is 15.1 Å². The third-order valence-electron chi connectivity index (χ3n) is 2.89. The lowest BCUT2D eigenvalue weighted by molar-refractivity contribution is -0.134. The molecule has 0 amide bonds. The number of hydrogen-bond donors (Lipinski definition) is 1. The van der Waals surface area contributed by atoms with Gasteiger partial charge in [0.2, 0.25) is 0 Å². The van der Waals surface area contributed by atoms with Crippen LogP contribution in [0, 0.1) is 0 Å². The molecule has 0 saturated carbocycles. The molecule has 2 heterocycles. The van der Waals surface area contributed by atoms with Gasteiger partial charge in [-0.2, -0.15) is 5.10 Å². The highest BCUT2D eigenvalue weighted by molar-refractivity contribution is 9.10. The molecule has 17 heavy (non-hydrogen) atoms. The van der Waals surface area contributed by atoms with Crippen LogP contribution in [-0.2, 0) is 6.54 Å². The standard InChI is InChI=1S/C11H10BrF2N3/c12-7-1-2-8-9(3-7)15-16-10(8)4-17-5-11(13,14)6-17/h1-3H,4-6H2,(H,15,16). The highest BCUT2D eigenvalue weighted by Crippen LogP contribution is 2.29. The first-order valence-electron chi connectivity index (χ1n) is 5.26. The van der Waals surface area contributed by atoms with Gasteiger partial charge in [0.15, 0.2) is 0 Å². The summed E-state index contributed by atoms with van der Waals surface area (Å²) < 4.78 is 26.4. The Morgan fingerprint density at radius 3 is 2.88 bits per heavy atom. The van der Waals surface area contributed by atoms with Crippen LogP contribution < -0.4 is 0 Å². The summed E-state index contributed by atoms with van der Waals surface area (Å²) in [4.78, 5) is 1.70. The van der Waals surface area contributed by atoms with Gasteiger partial charge in [-0.3, -0.25) is 10.00 Å². The largest absolute Gasteiger partial charge is 0.285 e. The molecule has 90 valence electrons. The fourth-order valence-electron chi connectivity index (χ4n) is 2.10. The van der Waals surface area contributed by atoms with Crippen LogP contribution in [0.4, 0.5) is 8.78 Å². The molecule has 0 radical (unpaired) electrons. The highest BCUT2D eigenvalue weighted by atomic mass is 79.9. The van der Waals surface area contributed by atoms with E-state index in [2.05, 4.69) is 26.1 Å². The number of nitrogens with one attached hydrogen (secondary N) is 1. The molecule has 1 aromatic heterocycles. The van der Waals surface area contributed by atoms with Crippen LogP contribution in [0.3, 0.4) is 0 Å². The number of aromatic nitrogens is 2. The quantitative estimate of drug-likeness (QED) is 0.925. The van der Waals surface area contributed by atoms with E-state index >= 15 is 0 Å². The minimum atomic E-state index is -2.52. The van der Waals surface area contributed by atoms with Crippen LogP contribution in [0.1, 0.15) is 5.69 Å². The van der Waals surface area contributed by atoms with E-state index in [0.717, 1.165) is 21.1 Å². The summed E-state index contributed by atoms with van der Waals surface area (Å²) in [6, 6.07) is 5.77. The lowest BCUT2D eigenvalue weighted by Crippen LogP contribution is -2.55. The molecule has 1 aliphatic heterocycles. The molecule has 0 unspecified atom stereocenters. The van der Waals surface area contributed by atoms with E-state index in [-0.39, 0.29) is 13.1 Å². The molecule has 1 saturated heterocycles. The number of aromatic amines is 1. The van der Waals surface area contributed by atoms with Crippen LogP contribution in [0.15, 0.2) is 22.7 Å². The van der Waals surface area contributed by atoms with Crippen LogP contribution in [0.25, 0.3) is 10.9 Å². The van der Waals surface area contributed by atoms with E-state index in [9.17, 15) is 8.78 Å². The van der Waals surface area contributed by atoms with E-state index in [4.69, 9.17) is 0 Å². The second kappa shape index (κ2) is 3.74. The zero-order valence-electron chi connectivity index (χ0n) is 8.88. The first kappa shape index (κ1) is 11.1. The third-order valence-corrected chi connectivity index (χ3v) is 3.38. The molecule has 1 fully saturated rings. The molecule has 1 aliphatic rings. The smallest absolute Gasteiger partial charge is 0.272 e. The molecule has 0 atom stereocenters. The second-order valence-electron chi connectivity index (χ2n) is 4.36. The molecule has 0 bridgehead atoms. The molecular weight excluding hydrogens is 292 g/mol. The van der Waals surface area contributed by atoms with Crippen molar-refractivity contribution in [2.45, 2.75) is 12.5 Å². The van der Waals surface area contributed by atoms with Gasteiger partial charge in [-0.15, -0.1) is 0 Å². The molecule has 3 nitrogen and oxygen atoms in total. The van der Waals surface area contributed by atoms with Crippen molar-refractivity contribution in [3.05, 3.63) is 28.4 Å². The maximum Gasteiger partial charge on any atom is 0.272 e. The summed E-state index contributed by atoms with van der Waals surface area (Å²) in [5.74, 6) is -2.52. The summed E-state index contributed by atoms with van der Waals surface area (Å²) in [5.41, 5.74) is 1.74. The summed E-state index contributed by atoms with van der Waals surface area (Å²) in [6.45, 7) is 0.168. The van der Waals surface area contributed by atoms with E-state index in [1.807, 2.05) is 18.2 Å². The zero-order valence-corrected chi connectivity index (χ0v) is 10.5.